The standard InChI is InChI=1S/C23H16ClF6NO/c1-3-4-9-20(23(28,29)30)31-14(2)13-32-21(17-12-15(24)10-11-19(17)31)16-7-5-6-8-18(16)22(25,26)27/h3-8,10-12,21H,1-2,13H2/t9?,21-/m1/s1. The Bertz CT molecular complexity index is 1110. The molecule has 0 N–H and O–H groups in total. The molecule has 2 aromatic rings. The molecule has 1 heterocycles. The van der Waals surface area contributed by atoms with Gasteiger partial charge in [0.15, 0.2) is 5.70 Å². The average Bonchev–Trinajstić information content (AvgIpc) is 2.83. The number of benzene rings is 2. The molecule has 0 radical (unpaired) electrons. The molecule has 2 nitrogen and oxygen atoms in total. The summed E-state index contributed by atoms with van der Waals surface area (Å²) in [4.78, 5) is 0.766. The Labute approximate surface area is 185 Å². The van der Waals surface area contributed by atoms with E-state index in [1.165, 1.54) is 36.4 Å². The second kappa shape index (κ2) is 8.90. The van der Waals surface area contributed by atoms with E-state index in [-0.39, 0.29) is 27.5 Å². The maximum absolute atomic E-state index is 13.9. The first kappa shape index (κ1) is 23.7. The zero-order valence-electron chi connectivity index (χ0n) is 16.4. The van der Waals surface area contributed by atoms with Crippen molar-refractivity contribution in [3.05, 3.63) is 107 Å². The van der Waals surface area contributed by atoms with Gasteiger partial charge in [-0.05, 0) is 35.9 Å². The first-order valence-corrected chi connectivity index (χ1v) is 9.53. The second-order valence-corrected chi connectivity index (χ2v) is 7.21. The minimum atomic E-state index is -4.86. The van der Waals surface area contributed by atoms with Crippen LogP contribution in [-0.4, -0.2) is 12.8 Å². The van der Waals surface area contributed by atoms with Gasteiger partial charge in [-0.3, -0.25) is 0 Å². The van der Waals surface area contributed by atoms with E-state index >= 15 is 0 Å². The van der Waals surface area contributed by atoms with Crippen molar-refractivity contribution in [2.75, 3.05) is 11.5 Å². The molecule has 2 aromatic carbocycles. The van der Waals surface area contributed by atoms with Crippen molar-refractivity contribution in [3.63, 3.8) is 0 Å². The molecule has 0 amide bonds. The predicted octanol–water partition coefficient (Wildman–Crippen LogP) is 7.59. The number of hydrogen-bond acceptors (Lipinski definition) is 2. The van der Waals surface area contributed by atoms with E-state index < -0.39 is 36.3 Å². The first-order valence-electron chi connectivity index (χ1n) is 9.15. The number of ether oxygens (including phenoxy) is 1. The normalized spacial score (nSPS) is 16.7. The van der Waals surface area contributed by atoms with Crippen molar-refractivity contribution < 1.29 is 31.1 Å². The van der Waals surface area contributed by atoms with Crippen molar-refractivity contribution in [1.82, 2.24) is 0 Å². The predicted molar refractivity (Wildman–Crippen MR) is 110 cm³/mol. The number of anilines is 1. The summed E-state index contributed by atoms with van der Waals surface area (Å²) in [5, 5.41) is 0.119. The van der Waals surface area contributed by atoms with Crippen LogP contribution in [0.4, 0.5) is 32.0 Å². The van der Waals surface area contributed by atoms with Crippen LogP contribution in [0.25, 0.3) is 0 Å². The lowest BCUT2D eigenvalue weighted by Gasteiger charge is -2.28. The minimum absolute atomic E-state index is 0.0232. The summed E-state index contributed by atoms with van der Waals surface area (Å²) in [5.74, 6) is 0. The van der Waals surface area contributed by atoms with Gasteiger partial charge in [0.05, 0.1) is 17.9 Å². The zero-order valence-corrected chi connectivity index (χ0v) is 17.2. The highest BCUT2D eigenvalue weighted by atomic mass is 35.5. The van der Waals surface area contributed by atoms with E-state index in [2.05, 4.69) is 18.9 Å². The van der Waals surface area contributed by atoms with E-state index in [9.17, 15) is 26.3 Å². The van der Waals surface area contributed by atoms with E-state index in [0.29, 0.717) is 0 Å². The second-order valence-electron chi connectivity index (χ2n) is 6.77. The third kappa shape index (κ3) is 4.78. The van der Waals surface area contributed by atoms with Gasteiger partial charge in [0.1, 0.15) is 6.10 Å². The van der Waals surface area contributed by atoms with Crippen LogP contribution in [0.15, 0.2) is 84.9 Å². The van der Waals surface area contributed by atoms with Gasteiger partial charge in [-0.1, -0.05) is 54.8 Å². The molecule has 0 aliphatic carbocycles. The lowest BCUT2D eigenvalue weighted by Crippen LogP contribution is -2.31. The zero-order chi connectivity index (χ0) is 23.7. The maximum atomic E-state index is 13.9. The molecule has 0 unspecified atom stereocenters. The van der Waals surface area contributed by atoms with Gasteiger partial charge in [0.2, 0.25) is 0 Å². The molecule has 9 heteroatoms. The van der Waals surface area contributed by atoms with E-state index in [4.69, 9.17) is 16.3 Å². The van der Waals surface area contributed by atoms with Crippen LogP contribution in [0.3, 0.4) is 0 Å². The maximum Gasteiger partial charge on any atom is 0.439 e. The van der Waals surface area contributed by atoms with Gasteiger partial charge in [-0.15, -0.1) is 0 Å². The molecule has 0 spiro atoms. The van der Waals surface area contributed by atoms with Crippen LogP contribution in [0.2, 0.25) is 5.02 Å². The molecular formula is C23H16ClF6NO. The summed E-state index contributed by atoms with van der Waals surface area (Å²) in [7, 11) is 0. The van der Waals surface area contributed by atoms with Crippen LogP contribution in [0.5, 0.6) is 0 Å². The molecule has 0 bridgehead atoms. The third-order valence-electron chi connectivity index (χ3n) is 4.62. The molecule has 0 aromatic heterocycles. The highest BCUT2D eigenvalue weighted by Crippen LogP contribution is 2.46. The van der Waals surface area contributed by atoms with Crippen molar-refractivity contribution in [1.29, 1.82) is 0 Å². The fourth-order valence-electron chi connectivity index (χ4n) is 3.37. The highest BCUT2D eigenvalue weighted by Gasteiger charge is 2.43. The van der Waals surface area contributed by atoms with Crippen molar-refractivity contribution in [2.24, 2.45) is 0 Å². The Kier molecular flexibility index (Phi) is 6.60. The van der Waals surface area contributed by atoms with Gasteiger partial charge in [0.25, 0.3) is 0 Å². The Morgan fingerprint density at radius 3 is 2.41 bits per heavy atom. The van der Waals surface area contributed by atoms with E-state index in [0.717, 1.165) is 23.1 Å². The summed E-state index contributed by atoms with van der Waals surface area (Å²) in [6, 6.07) is 8.61. The molecule has 1 aliphatic rings. The molecule has 0 saturated heterocycles. The molecule has 1 aliphatic heterocycles. The molecule has 3 rings (SSSR count). The Hall–Kier alpha value is -2.93. The van der Waals surface area contributed by atoms with Crippen LogP contribution in [0, 0.1) is 0 Å². The first-order chi connectivity index (χ1) is 14.9. The molecule has 0 fully saturated rings. The quantitative estimate of drug-likeness (QED) is 0.260. The monoisotopic (exact) mass is 471 g/mol. The van der Waals surface area contributed by atoms with E-state index in [1.54, 1.807) is 0 Å². The van der Waals surface area contributed by atoms with Crippen LogP contribution >= 0.6 is 11.6 Å². The Morgan fingerprint density at radius 1 is 1.09 bits per heavy atom. The fourth-order valence-corrected chi connectivity index (χ4v) is 3.55. The third-order valence-corrected chi connectivity index (χ3v) is 4.86. The summed E-state index contributed by atoms with van der Waals surface area (Å²) in [6.45, 7) is 6.54. The number of halogens is 7. The van der Waals surface area contributed by atoms with Crippen LogP contribution in [0.1, 0.15) is 22.8 Å². The number of nitrogens with zero attached hydrogens (tertiary/aromatic N) is 1. The summed E-state index contributed by atoms with van der Waals surface area (Å²) >= 11 is 6.07. The number of allylic oxidation sites excluding steroid dienone is 2. The average molecular weight is 472 g/mol. The molecule has 168 valence electrons. The largest absolute Gasteiger partial charge is 0.439 e. The Balaban J connectivity index is 2.31. The molecule has 1 atom stereocenters. The topological polar surface area (TPSA) is 12.5 Å². The fraction of sp³-hybridized carbons (Fsp3) is 0.174. The molecule has 0 saturated carbocycles. The number of fused-ring (bicyclic) bond motifs is 1. The SMILES string of the molecule is C=CC=C=C(N1C(=C)CO[C@H](c2ccccc2C(F)(F)F)c2cc(Cl)ccc21)C(F)(F)F. The Morgan fingerprint density at radius 2 is 1.78 bits per heavy atom. The number of alkyl halides is 6. The van der Waals surface area contributed by atoms with Crippen LogP contribution < -0.4 is 4.90 Å². The number of hydrogen-bond donors (Lipinski definition) is 0. The number of rotatable bonds is 3. The highest BCUT2D eigenvalue weighted by molar-refractivity contribution is 6.30. The van der Waals surface area contributed by atoms with Crippen LogP contribution in [-0.2, 0) is 10.9 Å². The van der Waals surface area contributed by atoms with Gasteiger partial charge >= 0.3 is 12.4 Å². The summed E-state index contributed by atoms with van der Waals surface area (Å²) in [5.41, 5.74) is -0.503. The smallest absolute Gasteiger partial charge is 0.362 e. The lowest BCUT2D eigenvalue weighted by atomic mass is 9.94. The summed E-state index contributed by atoms with van der Waals surface area (Å²) in [6.07, 6.45) is -8.81. The van der Waals surface area contributed by atoms with E-state index in [1.807, 2.05) is 0 Å². The van der Waals surface area contributed by atoms with Gasteiger partial charge in [-0.2, -0.15) is 26.3 Å². The molecular weight excluding hydrogens is 456 g/mol. The van der Waals surface area contributed by atoms with Gasteiger partial charge < -0.3 is 9.64 Å². The van der Waals surface area contributed by atoms with Crippen molar-refractivity contribution >= 4 is 17.3 Å². The van der Waals surface area contributed by atoms with Crippen molar-refractivity contribution in [2.45, 2.75) is 18.5 Å². The van der Waals surface area contributed by atoms with Gasteiger partial charge in [-0.25, -0.2) is 0 Å². The van der Waals surface area contributed by atoms with Gasteiger partial charge in [0, 0.05) is 16.3 Å². The summed E-state index contributed by atoms with van der Waals surface area (Å²) < 4.78 is 88.3. The van der Waals surface area contributed by atoms with Crippen molar-refractivity contribution in [3.8, 4) is 0 Å². The lowest BCUT2D eigenvalue weighted by molar-refractivity contribution is -0.139. The molecule has 32 heavy (non-hydrogen) atoms. The minimum Gasteiger partial charge on any atom is -0.362 e.